The van der Waals surface area contributed by atoms with E-state index in [1.165, 1.54) is 31.3 Å². The van der Waals surface area contributed by atoms with E-state index in [0.29, 0.717) is 30.1 Å². The normalized spacial score (nSPS) is 35.0. The van der Waals surface area contributed by atoms with Crippen molar-refractivity contribution < 1.29 is 20.1 Å². The third-order valence-electron chi connectivity index (χ3n) is 7.17. The highest BCUT2D eigenvalue weighted by molar-refractivity contribution is 5.66. The van der Waals surface area contributed by atoms with Gasteiger partial charge in [0.05, 0.1) is 12.0 Å². The molecule has 0 aromatic rings. The van der Waals surface area contributed by atoms with Crippen molar-refractivity contribution in [3.63, 3.8) is 0 Å². The first kappa shape index (κ1) is 21.4. The lowest BCUT2D eigenvalue weighted by atomic mass is 9.50. The van der Waals surface area contributed by atoms with E-state index < -0.39 is 18.2 Å². The maximum absolute atomic E-state index is 10.8. The molecule has 0 aromatic heterocycles. The molecule has 3 aliphatic carbocycles. The van der Waals surface area contributed by atoms with Crippen molar-refractivity contribution in [1.29, 1.82) is 0 Å². The Morgan fingerprint density at radius 1 is 1.25 bits per heavy atom. The number of carbonyl (C=O) groups is 1. The average Bonchev–Trinajstić information content (AvgIpc) is 3.15. The van der Waals surface area contributed by atoms with E-state index in [1.54, 1.807) is 0 Å². The molecule has 0 bridgehead atoms. The molecule has 0 amide bonds. The van der Waals surface area contributed by atoms with Gasteiger partial charge in [0.1, 0.15) is 6.10 Å². The molecule has 0 spiro atoms. The Labute approximate surface area is 169 Å². The minimum atomic E-state index is -0.751. The van der Waals surface area contributed by atoms with Gasteiger partial charge in [-0.15, -0.1) is 0 Å². The van der Waals surface area contributed by atoms with Crippen molar-refractivity contribution in [3.8, 4) is 11.8 Å². The Bertz CT molecular complexity index is 622. The van der Waals surface area contributed by atoms with Crippen LogP contribution in [0, 0.1) is 41.4 Å². The molecule has 28 heavy (non-hydrogen) atoms. The third kappa shape index (κ3) is 4.99. The standard InChI is InChI=1S/C24H36O4/c1-2-6-19-18(9-5-10-23(27)28)20-13-14-22(26)21(24(19)20)12-11-17(25)15-16-7-3-4-8-16/h9,16-17,19-22,24-26H,2-8,10,13-15H2,1H3,(H,27,28)/t17?,19?,20-,21+,22-,24+/m1/s1. The number of aliphatic hydroxyl groups is 2. The van der Waals surface area contributed by atoms with Gasteiger partial charge in [-0.1, -0.05) is 62.5 Å². The van der Waals surface area contributed by atoms with Gasteiger partial charge < -0.3 is 15.3 Å². The van der Waals surface area contributed by atoms with E-state index in [1.807, 2.05) is 0 Å². The zero-order chi connectivity index (χ0) is 20.1. The van der Waals surface area contributed by atoms with Crippen molar-refractivity contribution in [3.05, 3.63) is 11.6 Å². The van der Waals surface area contributed by atoms with Crippen LogP contribution in [0.2, 0.25) is 0 Å². The van der Waals surface area contributed by atoms with E-state index in [0.717, 1.165) is 32.1 Å². The molecule has 3 rings (SSSR count). The Morgan fingerprint density at radius 3 is 2.68 bits per heavy atom. The predicted molar refractivity (Wildman–Crippen MR) is 109 cm³/mol. The van der Waals surface area contributed by atoms with Crippen LogP contribution in [0.1, 0.15) is 77.6 Å². The molecule has 3 N–H and O–H groups in total. The Balaban J connectivity index is 1.67. The highest BCUT2D eigenvalue weighted by atomic mass is 16.4. The number of carboxylic acid groups (broad SMARTS) is 1. The molecule has 0 aromatic carbocycles. The molecule has 3 aliphatic rings. The zero-order valence-corrected chi connectivity index (χ0v) is 17.1. The molecule has 0 radical (unpaired) electrons. The molecule has 4 heteroatoms. The molecule has 156 valence electrons. The highest BCUT2D eigenvalue weighted by Crippen LogP contribution is 2.57. The summed E-state index contributed by atoms with van der Waals surface area (Å²) in [6, 6.07) is 0. The summed E-state index contributed by atoms with van der Waals surface area (Å²) >= 11 is 0. The minimum absolute atomic E-state index is 0.0647. The first-order valence-corrected chi connectivity index (χ1v) is 11.3. The molecule has 0 saturated heterocycles. The van der Waals surface area contributed by atoms with Gasteiger partial charge in [0.15, 0.2) is 0 Å². The lowest BCUT2D eigenvalue weighted by Crippen LogP contribution is -2.51. The quantitative estimate of drug-likeness (QED) is 0.452. The Morgan fingerprint density at radius 2 is 2.00 bits per heavy atom. The second-order valence-corrected chi connectivity index (χ2v) is 9.08. The smallest absolute Gasteiger partial charge is 0.303 e. The van der Waals surface area contributed by atoms with E-state index in [2.05, 4.69) is 24.8 Å². The summed E-state index contributed by atoms with van der Waals surface area (Å²) in [4.78, 5) is 10.8. The van der Waals surface area contributed by atoms with Gasteiger partial charge in [-0.05, 0) is 55.8 Å². The number of aliphatic carboxylic acids is 1. The second kappa shape index (κ2) is 9.94. The topological polar surface area (TPSA) is 77.8 Å². The van der Waals surface area contributed by atoms with Crippen LogP contribution in [0.25, 0.3) is 0 Å². The fourth-order valence-electron chi connectivity index (χ4n) is 5.87. The minimum Gasteiger partial charge on any atom is -0.481 e. The molecule has 0 aliphatic heterocycles. The van der Waals surface area contributed by atoms with Crippen molar-refractivity contribution in [1.82, 2.24) is 0 Å². The number of fused-ring (bicyclic) bond motifs is 1. The lowest BCUT2D eigenvalue weighted by molar-refractivity contribution is -0.136. The average molecular weight is 389 g/mol. The van der Waals surface area contributed by atoms with E-state index in [4.69, 9.17) is 5.11 Å². The number of hydrogen-bond acceptors (Lipinski definition) is 3. The number of carboxylic acids is 1. The fraction of sp³-hybridized carbons (Fsp3) is 0.792. The summed E-state index contributed by atoms with van der Waals surface area (Å²) in [5.74, 6) is 7.35. The van der Waals surface area contributed by atoms with Gasteiger partial charge in [0, 0.05) is 6.42 Å². The zero-order valence-electron chi connectivity index (χ0n) is 17.1. The molecule has 6 atom stereocenters. The van der Waals surface area contributed by atoms with Crippen molar-refractivity contribution in [2.45, 2.75) is 89.8 Å². The monoisotopic (exact) mass is 388 g/mol. The lowest BCUT2D eigenvalue weighted by Gasteiger charge is -2.55. The molecule has 2 unspecified atom stereocenters. The van der Waals surface area contributed by atoms with Crippen molar-refractivity contribution in [2.24, 2.45) is 29.6 Å². The molecule has 3 fully saturated rings. The highest BCUT2D eigenvalue weighted by Gasteiger charge is 2.52. The first-order valence-electron chi connectivity index (χ1n) is 11.3. The molecule has 4 nitrogen and oxygen atoms in total. The number of hydrogen-bond donors (Lipinski definition) is 3. The molecule has 3 saturated carbocycles. The third-order valence-corrected chi connectivity index (χ3v) is 7.17. The summed E-state index contributed by atoms with van der Waals surface area (Å²) in [5.41, 5.74) is 1.40. The van der Waals surface area contributed by atoms with Crippen LogP contribution in [0.3, 0.4) is 0 Å². The van der Waals surface area contributed by atoms with Crippen LogP contribution in [0.4, 0.5) is 0 Å². The van der Waals surface area contributed by atoms with Crippen molar-refractivity contribution >= 4 is 5.97 Å². The summed E-state index contributed by atoms with van der Waals surface area (Å²) in [7, 11) is 0. The summed E-state index contributed by atoms with van der Waals surface area (Å²) < 4.78 is 0. The maximum Gasteiger partial charge on any atom is 0.303 e. The first-order chi connectivity index (χ1) is 13.5. The van der Waals surface area contributed by atoms with Gasteiger partial charge in [-0.2, -0.15) is 0 Å². The second-order valence-electron chi connectivity index (χ2n) is 9.08. The van der Waals surface area contributed by atoms with Gasteiger partial charge in [0.2, 0.25) is 0 Å². The maximum atomic E-state index is 10.8. The van der Waals surface area contributed by atoms with E-state index in [-0.39, 0.29) is 12.3 Å². The number of allylic oxidation sites excluding steroid dienone is 2. The van der Waals surface area contributed by atoms with Crippen LogP contribution in [0.5, 0.6) is 0 Å². The van der Waals surface area contributed by atoms with Gasteiger partial charge in [-0.25, -0.2) is 0 Å². The van der Waals surface area contributed by atoms with Crippen LogP contribution in [0.15, 0.2) is 11.6 Å². The van der Waals surface area contributed by atoms with Crippen LogP contribution >= 0.6 is 0 Å². The summed E-state index contributed by atoms with van der Waals surface area (Å²) in [6.45, 7) is 2.17. The van der Waals surface area contributed by atoms with Crippen LogP contribution < -0.4 is 0 Å². The van der Waals surface area contributed by atoms with Crippen LogP contribution in [-0.2, 0) is 4.79 Å². The fourth-order valence-corrected chi connectivity index (χ4v) is 5.87. The largest absolute Gasteiger partial charge is 0.481 e. The van der Waals surface area contributed by atoms with Gasteiger partial charge in [-0.3, -0.25) is 4.79 Å². The Hall–Kier alpha value is -1.31. The van der Waals surface area contributed by atoms with Gasteiger partial charge >= 0.3 is 5.97 Å². The van der Waals surface area contributed by atoms with E-state index >= 15 is 0 Å². The van der Waals surface area contributed by atoms with Crippen LogP contribution in [-0.4, -0.2) is 33.5 Å². The molecule has 0 heterocycles. The van der Waals surface area contributed by atoms with E-state index in [9.17, 15) is 15.0 Å². The number of rotatable bonds is 7. The molecular weight excluding hydrogens is 352 g/mol. The Kier molecular flexibility index (Phi) is 7.60. The SMILES string of the molecule is CCCC1C(=CCCC(=O)O)[C@H]2CC[C@@H](O)[C@H](C#CC(O)CC3CCCC3)[C@@H]12. The summed E-state index contributed by atoms with van der Waals surface area (Å²) in [5, 5.41) is 29.9. The van der Waals surface area contributed by atoms with Crippen molar-refractivity contribution in [2.75, 3.05) is 0 Å². The number of aliphatic hydroxyl groups excluding tert-OH is 2. The predicted octanol–water partition coefficient (Wildman–Crippen LogP) is 4.16. The van der Waals surface area contributed by atoms with Gasteiger partial charge in [0.25, 0.3) is 0 Å². The molecular formula is C24H36O4. The summed E-state index contributed by atoms with van der Waals surface area (Å²) in [6.07, 6.45) is 11.5.